The first-order chi connectivity index (χ1) is 11.2. The van der Waals surface area contributed by atoms with Crippen LogP contribution in [0, 0.1) is 0 Å². The average Bonchev–Trinajstić information content (AvgIpc) is 3.03. The summed E-state index contributed by atoms with van der Waals surface area (Å²) in [5.74, 6) is 0. The van der Waals surface area contributed by atoms with Crippen molar-refractivity contribution in [3.05, 3.63) is 42.9 Å². The normalized spacial score (nSPS) is 24.9. The Bertz CT molecular complexity index is 815. The van der Waals surface area contributed by atoms with Crippen molar-refractivity contribution in [1.29, 1.82) is 0 Å². The highest BCUT2D eigenvalue weighted by Gasteiger charge is 2.25. The maximum atomic E-state index is 4.71. The Hall–Kier alpha value is -2.27. The lowest BCUT2D eigenvalue weighted by molar-refractivity contribution is 0.250. The molecule has 1 aliphatic heterocycles. The fourth-order valence-corrected chi connectivity index (χ4v) is 3.52. The van der Waals surface area contributed by atoms with Crippen molar-refractivity contribution in [3.63, 3.8) is 0 Å². The lowest BCUT2D eigenvalue weighted by Gasteiger charge is -2.33. The van der Waals surface area contributed by atoms with E-state index < -0.39 is 0 Å². The van der Waals surface area contributed by atoms with E-state index in [9.17, 15) is 0 Å². The molecule has 1 N–H and O–H groups in total. The molecule has 0 radical (unpaired) electrons. The van der Waals surface area contributed by atoms with Gasteiger partial charge in [-0.25, -0.2) is 4.98 Å². The first-order valence-electron chi connectivity index (χ1n) is 8.21. The minimum Gasteiger partial charge on any atom is -0.312 e. The van der Waals surface area contributed by atoms with Gasteiger partial charge in [0.25, 0.3) is 0 Å². The molecule has 1 fully saturated rings. The van der Waals surface area contributed by atoms with Crippen LogP contribution in [0.25, 0.3) is 22.3 Å². The maximum Gasteiger partial charge on any atom is 0.0924 e. The Morgan fingerprint density at radius 2 is 1.78 bits per heavy atom. The van der Waals surface area contributed by atoms with Gasteiger partial charge < -0.3 is 5.32 Å². The van der Waals surface area contributed by atoms with Gasteiger partial charge in [0, 0.05) is 23.8 Å². The van der Waals surface area contributed by atoms with Crippen molar-refractivity contribution in [3.8, 4) is 11.3 Å². The topological polar surface area (TPSA) is 55.6 Å². The molecule has 3 heterocycles. The first-order valence-corrected chi connectivity index (χ1v) is 8.21. The molecule has 1 saturated heterocycles. The predicted octanol–water partition coefficient (Wildman–Crippen LogP) is 3.19. The van der Waals surface area contributed by atoms with Gasteiger partial charge in [0.2, 0.25) is 0 Å². The molecule has 4 rings (SSSR count). The largest absolute Gasteiger partial charge is 0.312 e. The second-order valence-electron chi connectivity index (χ2n) is 6.55. The summed E-state index contributed by atoms with van der Waals surface area (Å²) in [5.41, 5.74) is 3.75. The summed E-state index contributed by atoms with van der Waals surface area (Å²) >= 11 is 0. The van der Waals surface area contributed by atoms with Crippen molar-refractivity contribution in [1.82, 2.24) is 25.1 Å². The van der Waals surface area contributed by atoms with Gasteiger partial charge in [-0.15, -0.1) is 0 Å². The number of benzene rings is 1. The van der Waals surface area contributed by atoms with Crippen molar-refractivity contribution in [2.75, 3.05) is 0 Å². The Balaban J connectivity index is 1.63. The molecule has 0 aliphatic carbocycles. The van der Waals surface area contributed by atoms with Gasteiger partial charge in [0.15, 0.2) is 0 Å². The first kappa shape index (κ1) is 14.3. The van der Waals surface area contributed by atoms with Crippen molar-refractivity contribution >= 4 is 11.0 Å². The zero-order valence-corrected chi connectivity index (χ0v) is 13.5. The van der Waals surface area contributed by atoms with E-state index in [-0.39, 0.29) is 0 Å². The number of fused-ring (bicyclic) bond motifs is 1. The Labute approximate surface area is 135 Å². The number of nitrogens with one attached hydrogen (secondary N) is 1. The standard InChI is InChI=1S/C18H21N5/c1-12-7-15(8-13(2)21-12)23-11-14(9-20-23)18-10-19-16-5-3-4-6-17(16)22-18/h3-6,9-13,15,21H,7-8H2,1-2H3/t12-,13+,15?. The van der Waals surface area contributed by atoms with Crippen LogP contribution >= 0.6 is 0 Å². The van der Waals surface area contributed by atoms with E-state index in [0.29, 0.717) is 18.1 Å². The second kappa shape index (κ2) is 5.74. The van der Waals surface area contributed by atoms with Crippen molar-refractivity contribution < 1.29 is 0 Å². The van der Waals surface area contributed by atoms with E-state index in [1.165, 1.54) is 0 Å². The molecular formula is C18H21N5. The van der Waals surface area contributed by atoms with E-state index >= 15 is 0 Å². The van der Waals surface area contributed by atoms with Crippen LogP contribution in [0.4, 0.5) is 0 Å². The average molecular weight is 307 g/mol. The second-order valence-corrected chi connectivity index (χ2v) is 6.55. The summed E-state index contributed by atoms with van der Waals surface area (Å²) in [4.78, 5) is 9.20. The molecule has 0 bridgehead atoms. The summed E-state index contributed by atoms with van der Waals surface area (Å²) in [7, 11) is 0. The van der Waals surface area contributed by atoms with Gasteiger partial charge in [-0.3, -0.25) is 9.67 Å². The Morgan fingerprint density at radius 1 is 1.04 bits per heavy atom. The van der Waals surface area contributed by atoms with Crippen LogP contribution in [0.3, 0.4) is 0 Å². The summed E-state index contributed by atoms with van der Waals surface area (Å²) in [6.45, 7) is 4.48. The molecule has 3 atom stereocenters. The van der Waals surface area contributed by atoms with Crippen LogP contribution in [0.1, 0.15) is 32.7 Å². The highest BCUT2D eigenvalue weighted by atomic mass is 15.3. The summed E-state index contributed by atoms with van der Waals surface area (Å²) < 4.78 is 2.10. The minimum atomic E-state index is 0.448. The van der Waals surface area contributed by atoms with Gasteiger partial charge >= 0.3 is 0 Å². The number of hydrogen-bond acceptors (Lipinski definition) is 4. The molecular weight excluding hydrogens is 286 g/mol. The quantitative estimate of drug-likeness (QED) is 0.790. The number of para-hydroxylation sites is 2. The molecule has 1 unspecified atom stereocenters. The maximum absolute atomic E-state index is 4.71. The SMILES string of the molecule is C[C@@H]1CC(n2cc(-c3cnc4ccccc4n3)cn2)C[C@H](C)N1. The molecule has 3 aromatic rings. The van der Waals surface area contributed by atoms with E-state index in [4.69, 9.17) is 4.98 Å². The van der Waals surface area contributed by atoms with Crippen LogP contribution < -0.4 is 5.32 Å². The molecule has 23 heavy (non-hydrogen) atoms. The fraction of sp³-hybridized carbons (Fsp3) is 0.389. The number of hydrogen-bond donors (Lipinski definition) is 1. The zero-order valence-electron chi connectivity index (χ0n) is 13.5. The van der Waals surface area contributed by atoms with Gasteiger partial charge in [-0.1, -0.05) is 12.1 Å². The van der Waals surface area contributed by atoms with E-state index in [1.54, 1.807) is 0 Å². The monoisotopic (exact) mass is 307 g/mol. The molecule has 5 nitrogen and oxygen atoms in total. The summed E-state index contributed by atoms with van der Waals surface area (Å²) in [6, 6.07) is 9.44. The lowest BCUT2D eigenvalue weighted by atomic mass is 9.95. The molecule has 1 aliphatic rings. The van der Waals surface area contributed by atoms with Gasteiger partial charge in [-0.05, 0) is 38.8 Å². The third kappa shape index (κ3) is 2.84. The van der Waals surface area contributed by atoms with Gasteiger partial charge in [-0.2, -0.15) is 5.10 Å². The lowest BCUT2D eigenvalue weighted by Crippen LogP contribution is -2.43. The highest BCUT2D eigenvalue weighted by molar-refractivity contribution is 5.76. The highest BCUT2D eigenvalue weighted by Crippen LogP contribution is 2.27. The van der Waals surface area contributed by atoms with Gasteiger partial charge in [0.05, 0.1) is 35.2 Å². The third-order valence-electron chi connectivity index (χ3n) is 4.54. The number of rotatable bonds is 2. The third-order valence-corrected chi connectivity index (χ3v) is 4.54. The smallest absolute Gasteiger partial charge is 0.0924 e. The fourth-order valence-electron chi connectivity index (χ4n) is 3.52. The van der Waals surface area contributed by atoms with Crippen LogP contribution in [0.5, 0.6) is 0 Å². The van der Waals surface area contributed by atoms with Gasteiger partial charge in [0.1, 0.15) is 0 Å². The summed E-state index contributed by atoms with van der Waals surface area (Å²) in [5, 5.41) is 8.16. The molecule has 0 amide bonds. The van der Waals surface area contributed by atoms with E-state index in [0.717, 1.165) is 35.1 Å². The number of piperidine rings is 1. The Morgan fingerprint density at radius 3 is 2.57 bits per heavy atom. The van der Waals surface area contributed by atoms with Crippen LogP contribution in [-0.2, 0) is 0 Å². The van der Waals surface area contributed by atoms with Crippen LogP contribution in [-0.4, -0.2) is 31.8 Å². The molecule has 1 aromatic carbocycles. The number of nitrogens with zero attached hydrogens (tertiary/aromatic N) is 4. The van der Waals surface area contributed by atoms with Crippen LogP contribution in [0.15, 0.2) is 42.9 Å². The van der Waals surface area contributed by atoms with Crippen molar-refractivity contribution in [2.24, 2.45) is 0 Å². The molecule has 5 heteroatoms. The van der Waals surface area contributed by atoms with E-state index in [1.807, 2.05) is 36.7 Å². The Kier molecular flexibility index (Phi) is 3.58. The minimum absolute atomic E-state index is 0.448. The molecule has 0 spiro atoms. The molecule has 0 saturated carbocycles. The number of aromatic nitrogens is 4. The zero-order chi connectivity index (χ0) is 15.8. The predicted molar refractivity (Wildman–Crippen MR) is 91.1 cm³/mol. The van der Waals surface area contributed by atoms with Crippen molar-refractivity contribution in [2.45, 2.75) is 44.8 Å². The van der Waals surface area contributed by atoms with E-state index in [2.05, 4.69) is 40.1 Å². The molecule has 118 valence electrons. The summed E-state index contributed by atoms with van der Waals surface area (Å²) in [6.07, 6.45) is 8.05. The van der Waals surface area contributed by atoms with Crippen LogP contribution in [0.2, 0.25) is 0 Å². The molecule has 2 aromatic heterocycles.